The van der Waals surface area contributed by atoms with Crippen molar-refractivity contribution in [3.8, 4) is 0 Å². The van der Waals surface area contributed by atoms with Crippen molar-refractivity contribution in [3.63, 3.8) is 0 Å². The summed E-state index contributed by atoms with van der Waals surface area (Å²) in [7, 11) is 0. The molecule has 0 spiro atoms. The normalized spacial score (nSPS) is 11.8. The second-order valence-corrected chi connectivity index (χ2v) is 19.1. The van der Waals surface area contributed by atoms with Crippen LogP contribution in [0.15, 0.2) is 0 Å². The zero-order chi connectivity index (χ0) is 44.1. The van der Waals surface area contributed by atoms with E-state index in [2.05, 4.69) is 27.7 Å². The lowest BCUT2D eigenvalue weighted by atomic mass is 10.0. The molecule has 1 unspecified atom stereocenters. The molecule has 60 heavy (non-hydrogen) atoms. The summed E-state index contributed by atoms with van der Waals surface area (Å²) in [5, 5.41) is 9.95. The predicted octanol–water partition coefficient (Wildman–Crippen LogP) is 19.6. The maximum atomic E-state index is 11.9. The molecule has 0 aliphatic heterocycles. The quantitative estimate of drug-likeness (QED) is 0.0376. The largest absolute Gasteiger partial charge is 0.393 e. The van der Waals surface area contributed by atoms with Crippen molar-refractivity contribution in [2.24, 2.45) is 0 Å². The first-order chi connectivity index (χ1) is 29.5. The Hall–Kier alpha value is -0.900. The minimum absolute atomic E-state index is 0.0271. The summed E-state index contributed by atoms with van der Waals surface area (Å²) in [4.78, 5) is 23.8. The van der Waals surface area contributed by atoms with Crippen molar-refractivity contribution in [1.82, 2.24) is 0 Å². The van der Waals surface area contributed by atoms with Crippen molar-refractivity contribution >= 4 is 11.9 Å². The highest BCUT2D eigenvalue weighted by Gasteiger charge is 2.10. The summed E-state index contributed by atoms with van der Waals surface area (Å²) < 4.78 is 5.01. The summed E-state index contributed by atoms with van der Waals surface area (Å²) in [6.45, 7) is 9.09. The molecule has 0 aliphatic carbocycles. The van der Waals surface area contributed by atoms with Gasteiger partial charge in [0.15, 0.2) is 0 Å². The monoisotopic (exact) mass is 849 g/mol. The van der Waals surface area contributed by atoms with Crippen LogP contribution in [0.3, 0.4) is 0 Å². The number of aliphatic hydroxyl groups is 1. The fourth-order valence-corrected chi connectivity index (χ4v) is 8.51. The van der Waals surface area contributed by atoms with Crippen LogP contribution in [0.1, 0.15) is 342 Å². The first-order valence-corrected chi connectivity index (χ1v) is 27.9. The smallest absolute Gasteiger partial charge is 0.313 e. The fraction of sp³-hybridized carbons (Fsp3) is 0.964. The first-order valence-electron chi connectivity index (χ1n) is 27.9. The topological polar surface area (TPSA) is 63.6 Å². The molecule has 0 fully saturated rings. The van der Waals surface area contributed by atoms with E-state index in [1.807, 2.05) is 0 Å². The lowest BCUT2D eigenvalue weighted by Gasteiger charge is -2.10. The van der Waals surface area contributed by atoms with Crippen molar-refractivity contribution in [3.05, 3.63) is 0 Å². The van der Waals surface area contributed by atoms with Crippen LogP contribution in [0, 0.1) is 0 Å². The number of rotatable bonds is 49. The number of hydrogen-bond donors (Lipinski definition) is 1. The maximum Gasteiger partial charge on any atom is 0.313 e. The van der Waals surface area contributed by atoms with E-state index in [-0.39, 0.29) is 18.0 Å². The van der Waals surface area contributed by atoms with Gasteiger partial charge in [0, 0.05) is 12.8 Å². The molecule has 0 radical (unpaired) electrons. The van der Waals surface area contributed by atoms with Gasteiger partial charge in [-0.15, -0.1) is 0 Å². The van der Waals surface area contributed by atoms with E-state index >= 15 is 0 Å². The van der Waals surface area contributed by atoms with E-state index in [1.165, 1.54) is 263 Å². The van der Waals surface area contributed by atoms with Gasteiger partial charge in [0.25, 0.3) is 0 Å². The van der Waals surface area contributed by atoms with Gasteiger partial charge < -0.3 is 9.84 Å². The SMILES string of the molecule is CCCCCCCCCCCC(O)CCCCCCCC.CCCCCCCCCCCCCCCCCC(=O)OC(=O)CCCCCCCCCCCCCCCCC. The number of carbonyl (C=O) groups is 2. The summed E-state index contributed by atoms with van der Waals surface area (Å²) in [5.41, 5.74) is 0. The van der Waals surface area contributed by atoms with Crippen LogP contribution in [-0.2, 0) is 14.3 Å². The highest BCUT2D eigenvalue weighted by atomic mass is 16.6. The Morgan fingerprint density at radius 3 is 0.650 bits per heavy atom. The maximum absolute atomic E-state index is 11.9. The molecule has 0 saturated carbocycles. The van der Waals surface area contributed by atoms with E-state index in [9.17, 15) is 14.7 Å². The molecular formula is C56H112O4. The van der Waals surface area contributed by atoms with Gasteiger partial charge in [-0.3, -0.25) is 9.59 Å². The summed E-state index contributed by atoms with van der Waals surface area (Å²) in [6.07, 6.45) is 62.5. The predicted molar refractivity (Wildman–Crippen MR) is 266 cm³/mol. The molecule has 360 valence electrons. The third-order valence-corrected chi connectivity index (χ3v) is 12.7. The molecule has 0 aliphatic rings. The first kappa shape index (κ1) is 61.2. The minimum atomic E-state index is -0.323. The fourth-order valence-electron chi connectivity index (χ4n) is 8.51. The molecule has 4 heteroatoms. The molecular weight excluding hydrogens is 737 g/mol. The van der Waals surface area contributed by atoms with Gasteiger partial charge in [-0.25, -0.2) is 0 Å². The van der Waals surface area contributed by atoms with E-state index in [1.54, 1.807) is 0 Å². The number of carbonyl (C=O) groups excluding carboxylic acids is 2. The Morgan fingerprint density at radius 2 is 0.450 bits per heavy atom. The Balaban J connectivity index is 0. The highest BCUT2D eigenvalue weighted by Crippen LogP contribution is 2.17. The number of aliphatic hydroxyl groups excluding tert-OH is 1. The van der Waals surface area contributed by atoms with Crippen LogP contribution in [0.25, 0.3) is 0 Å². The third-order valence-electron chi connectivity index (χ3n) is 12.7. The van der Waals surface area contributed by atoms with Gasteiger partial charge in [-0.1, -0.05) is 304 Å². The van der Waals surface area contributed by atoms with Crippen molar-refractivity contribution in [2.45, 2.75) is 348 Å². The van der Waals surface area contributed by atoms with Crippen molar-refractivity contribution < 1.29 is 19.4 Å². The van der Waals surface area contributed by atoms with Crippen molar-refractivity contribution in [1.29, 1.82) is 0 Å². The van der Waals surface area contributed by atoms with Gasteiger partial charge in [0.05, 0.1) is 6.10 Å². The second-order valence-electron chi connectivity index (χ2n) is 19.1. The van der Waals surface area contributed by atoms with Gasteiger partial charge in [-0.2, -0.15) is 0 Å². The second kappa shape index (κ2) is 56.1. The lowest BCUT2D eigenvalue weighted by molar-refractivity contribution is -0.159. The van der Waals surface area contributed by atoms with Gasteiger partial charge in [-0.05, 0) is 25.7 Å². The number of esters is 2. The standard InChI is InChI=1S/C36H70O3.C20H42O/c1-3-5-7-9-11-13-15-17-19-21-23-25-27-29-31-33-35(37)39-36(38)34-32-30-28-26-24-22-20-18-16-14-12-10-8-6-4-2;1-3-5-7-9-11-12-13-15-17-19-20(21)18-16-14-10-8-6-4-2/h3-34H2,1-2H3;20-21H,3-19H2,1-2H3. The van der Waals surface area contributed by atoms with Crippen LogP contribution in [-0.4, -0.2) is 23.1 Å². The molecule has 0 bridgehead atoms. The van der Waals surface area contributed by atoms with E-state index in [0.717, 1.165) is 38.5 Å². The molecule has 1 N–H and O–H groups in total. The lowest BCUT2D eigenvalue weighted by Crippen LogP contribution is -2.11. The van der Waals surface area contributed by atoms with Gasteiger partial charge >= 0.3 is 11.9 Å². The Bertz CT molecular complexity index is 752. The average molecular weight is 850 g/mol. The molecule has 0 heterocycles. The van der Waals surface area contributed by atoms with Crippen LogP contribution >= 0.6 is 0 Å². The molecule has 0 aromatic rings. The molecule has 0 aromatic carbocycles. The van der Waals surface area contributed by atoms with E-state index in [4.69, 9.17) is 4.74 Å². The molecule has 0 aromatic heterocycles. The molecule has 0 rings (SSSR count). The molecule has 1 atom stereocenters. The zero-order valence-electron chi connectivity index (χ0n) is 41.9. The Labute approximate surface area is 378 Å². The molecule has 0 saturated heterocycles. The highest BCUT2D eigenvalue weighted by molar-refractivity contribution is 5.85. The van der Waals surface area contributed by atoms with Crippen LogP contribution < -0.4 is 0 Å². The average Bonchev–Trinajstić information content (AvgIpc) is 3.24. The molecule has 4 nitrogen and oxygen atoms in total. The summed E-state index contributed by atoms with van der Waals surface area (Å²) in [6, 6.07) is 0. The third kappa shape index (κ3) is 57.1. The number of unbranched alkanes of at least 4 members (excludes halogenated alkanes) is 41. The van der Waals surface area contributed by atoms with Gasteiger partial charge in [0.2, 0.25) is 0 Å². The molecule has 0 amide bonds. The van der Waals surface area contributed by atoms with E-state index < -0.39 is 0 Å². The summed E-state index contributed by atoms with van der Waals surface area (Å²) >= 11 is 0. The van der Waals surface area contributed by atoms with Crippen molar-refractivity contribution in [2.75, 3.05) is 0 Å². The Morgan fingerprint density at radius 1 is 0.283 bits per heavy atom. The van der Waals surface area contributed by atoms with Crippen LogP contribution in [0.2, 0.25) is 0 Å². The van der Waals surface area contributed by atoms with E-state index in [0.29, 0.717) is 12.8 Å². The van der Waals surface area contributed by atoms with Crippen LogP contribution in [0.5, 0.6) is 0 Å². The minimum Gasteiger partial charge on any atom is -0.393 e. The zero-order valence-corrected chi connectivity index (χ0v) is 41.9. The number of hydrogen-bond acceptors (Lipinski definition) is 4. The summed E-state index contributed by atoms with van der Waals surface area (Å²) in [5.74, 6) is -0.647. The Kier molecular flexibility index (Phi) is 57.2. The van der Waals surface area contributed by atoms with Gasteiger partial charge in [0.1, 0.15) is 0 Å². The van der Waals surface area contributed by atoms with Crippen LogP contribution in [0.4, 0.5) is 0 Å². The number of ether oxygens (including phenoxy) is 1.